The smallest absolute Gasteiger partial charge is 0.410 e. The first kappa shape index (κ1) is 14.5. The van der Waals surface area contributed by atoms with E-state index in [0.717, 1.165) is 0 Å². The van der Waals surface area contributed by atoms with Crippen LogP contribution in [0.1, 0.15) is 27.2 Å². The molecule has 0 bridgehead atoms. The van der Waals surface area contributed by atoms with Crippen LogP contribution in [0.5, 0.6) is 0 Å². The molecule has 1 heterocycles. The summed E-state index contributed by atoms with van der Waals surface area (Å²) in [6.07, 6.45) is -0.246. The summed E-state index contributed by atoms with van der Waals surface area (Å²) in [6, 6.07) is 0. The molecule has 1 atom stereocenters. The van der Waals surface area contributed by atoms with Gasteiger partial charge in [-0.25, -0.2) is 4.79 Å². The zero-order valence-electron chi connectivity index (χ0n) is 11.2. The molecule has 1 rings (SSSR count). The number of carbonyl (C=O) groups excluding carboxylic acids is 3. The highest BCUT2D eigenvalue weighted by molar-refractivity contribution is 6.01. The topological polar surface area (TPSA) is 72.9 Å². The summed E-state index contributed by atoms with van der Waals surface area (Å²) in [4.78, 5) is 36.1. The molecule has 0 spiro atoms. The molecule has 0 aromatic carbocycles. The lowest BCUT2D eigenvalue weighted by atomic mass is 9.96. The Morgan fingerprint density at radius 2 is 1.94 bits per heavy atom. The third-order valence-corrected chi connectivity index (χ3v) is 2.56. The summed E-state index contributed by atoms with van der Waals surface area (Å²) in [5, 5.41) is 0. The molecular weight excluding hydrogens is 238 g/mol. The number of hydrogen-bond donors (Lipinski definition) is 0. The second-order valence-electron chi connectivity index (χ2n) is 5.23. The molecule has 1 fully saturated rings. The van der Waals surface area contributed by atoms with E-state index in [1.165, 1.54) is 12.0 Å². The van der Waals surface area contributed by atoms with Gasteiger partial charge in [0.1, 0.15) is 11.5 Å². The summed E-state index contributed by atoms with van der Waals surface area (Å²) in [7, 11) is 1.25. The van der Waals surface area contributed by atoms with Gasteiger partial charge in [-0.2, -0.15) is 0 Å². The molecule has 1 aliphatic rings. The molecule has 0 aromatic rings. The van der Waals surface area contributed by atoms with Crippen LogP contribution < -0.4 is 0 Å². The van der Waals surface area contributed by atoms with E-state index in [0.29, 0.717) is 6.54 Å². The molecule has 0 aromatic heterocycles. The van der Waals surface area contributed by atoms with Crippen molar-refractivity contribution in [1.82, 2.24) is 4.90 Å². The predicted octanol–water partition coefficient (Wildman–Crippen LogP) is 0.985. The van der Waals surface area contributed by atoms with Gasteiger partial charge in [0.05, 0.1) is 13.7 Å². The average molecular weight is 257 g/mol. The molecule has 18 heavy (non-hydrogen) atoms. The standard InChI is InChI=1S/C12H19NO5/c1-12(2,3)18-11(16)13-6-5-8(9(14)7-13)10(15)17-4/h8H,5-7H2,1-4H3/t8-/m1/s1. The van der Waals surface area contributed by atoms with Crippen LogP contribution in [0.2, 0.25) is 0 Å². The first-order valence-corrected chi connectivity index (χ1v) is 5.83. The van der Waals surface area contributed by atoms with Crippen molar-refractivity contribution in [3.8, 4) is 0 Å². The van der Waals surface area contributed by atoms with E-state index in [4.69, 9.17) is 4.74 Å². The Hall–Kier alpha value is -1.59. The Balaban J connectivity index is 2.58. The van der Waals surface area contributed by atoms with Gasteiger partial charge in [-0.1, -0.05) is 0 Å². The first-order chi connectivity index (χ1) is 8.24. The normalized spacial score (nSPS) is 20.6. The van der Waals surface area contributed by atoms with Gasteiger partial charge in [0.2, 0.25) is 0 Å². The molecule has 0 N–H and O–H groups in total. The van der Waals surface area contributed by atoms with Gasteiger partial charge >= 0.3 is 12.1 Å². The number of hydrogen-bond acceptors (Lipinski definition) is 5. The minimum atomic E-state index is -0.756. The molecule has 0 radical (unpaired) electrons. The van der Waals surface area contributed by atoms with E-state index < -0.39 is 23.6 Å². The van der Waals surface area contributed by atoms with Crippen molar-refractivity contribution in [1.29, 1.82) is 0 Å². The summed E-state index contributed by atoms with van der Waals surface area (Å²) >= 11 is 0. The number of likely N-dealkylation sites (tertiary alicyclic amines) is 1. The Morgan fingerprint density at radius 1 is 1.33 bits per heavy atom. The number of ether oxygens (including phenoxy) is 2. The van der Waals surface area contributed by atoms with Gasteiger partial charge in [-0.15, -0.1) is 0 Å². The number of methoxy groups -OCH3 is 1. The highest BCUT2D eigenvalue weighted by Gasteiger charge is 2.36. The maximum absolute atomic E-state index is 11.7. The second-order valence-corrected chi connectivity index (χ2v) is 5.23. The lowest BCUT2D eigenvalue weighted by molar-refractivity contribution is -0.151. The van der Waals surface area contributed by atoms with E-state index in [9.17, 15) is 14.4 Å². The van der Waals surface area contributed by atoms with Gasteiger partial charge in [0.25, 0.3) is 0 Å². The lowest BCUT2D eigenvalue weighted by Gasteiger charge is -2.31. The number of piperidine rings is 1. The van der Waals surface area contributed by atoms with E-state index in [1.807, 2.05) is 0 Å². The molecule has 1 amide bonds. The highest BCUT2D eigenvalue weighted by atomic mass is 16.6. The van der Waals surface area contributed by atoms with Gasteiger partial charge in [0.15, 0.2) is 5.78 Å². The molecule has 0 unspecified atom stereocenters. The first-order valence-electron chi connectivity index (χ1n) is 5.83. The summed E-state index contributed by atoms with van der Waals surface area (Å²) in [5.74, 6) is -1.60. The predicted molar refractivity (Wildman–Crippen MR) is 62.9 cm³/mol. The van der Waals surface area contributed by atoms with Gasteiger partial charge in [-0.05, 0) is 27.2 Å². The zero-order chi connectivity index (χ0) is 13.9. The van der Waals surface area contributed by atoms with Crippen molar-refractivity contribution in [3.63, 3.8) is 0 Å². The largest absolute Gasteiger partial charge is 0.468 e. The van der Waals surface area contributed by atoms with E-state index in [2.05, 4.69) is 4.74 Å². The average Bonchev–Trinajstić information content (AvgIpc) is 2.25. The Morgan fingerprint density at radius 3 is 2.39 bits per heavy atom. The van der Waals surface area contributed by atoms with Gasteiger partial charge in [-0.3, -0.25) is 9.59 Å². The highest BCUT2D eigenvalue weighted by Crippen LogP contribution is 2.18. The lowest BCUT2D eigenvalue weighted by Crippen LogP contribution is -2.48. The third-order valence-electron chi connectivity index (χ3n) is 2.56. The van der Waals surface area contributed by atoms with Crippen molar-refractivity contribution in [2.45, 2.75) is 32.8 Å². The van der Waals surface area contributed by atoms with Crippen LogP contribution >= 0.6 is 0 Å². The summed E-state index contributed by atoms with van der Waals surface area (Å²) in [6.45, 7) is 5.49. The van der Waals surface area contributed by atoms with E-state index in [-0.39, 0.29) is 18.7 Å². The van der Waals surface area contributed by atoms with E-state index in [1.54, 1.807) is 20.8 Å². The fourth-order valence-electron chi connectivity index (χ4n) is 1.70. The van der Waals surface area contributed by atoms with Crippen molar-refractivity contribution in [2.75, 3.05) is 20.2 Å². The molecular formula is C12H19NO5. The van der Waals surface area contributed by atoms with Crippen LogP contribution in [-0.4, -0.2) is 48.5 Å². The fraction of sp³-hybridized carbons (Fsp3) is 0.750. The molecule has 1 saturated heterocycles. The fourth-order valence-corrected chi connectivity index (χ4v) is 1.70. The van der Waals surface area contributed by atoms with Crippen molar-refractivity contribution < 1.29 is 23.9 Å². The molecule has 1 aliphatic heterocycles. The van der Waals surface area contributed by atoms with Crippen LogP contribution in [0.3, 0.4) is 0 Å². The number of esters is 1. The van der Waals surface area contributed by atoms with E-state index >= 15 is 0 Å². The van der Waals surface area contributed by atoms with Crippen LogP contribution in [0.4, 0.5) is 4.79 Å². The molecule has 0 aliphatic carbocycles. The number of carbonyl (C=O) groups is 3. The van der Waals surface area contributed by atoms with Gasteiger partial charge in [0, 0.05) is 6.54 Å². The summed E-state index contributed by atoms with van der Waals surface area (Å²) < 4.78 is 9.71. The quantitative estimate of drug-likeness (QED) is 0.517. The van der Waals surface area contributed by atoms with Gasteiger partial charge < -0.3 is 14.4 Å². The number of rotatable bonds is 1. The van der Waals surface area contributed by atoms with Crippen molar-refractivity contribution in [2.24, 2.45) is 5.92 Å². The van der Waals surface area contributed by atoms with Crippen LogP contribution in [0.25, 0.3) is 0 Å². The van der Waals surface area contributed by atoms with Crippen LogP contribution in [0, 0.1) is 5.92 Å². The zero-order valence-corrected chi connectivity index (χ0v) is 11.2. The Bertz CT molecular complexity index is 358. The SMILES string of the molecule is COC(=O)[C@@H]1CCN(C(=O)OC(C)(C)C)CC1=O. The molecule has 102 valence electrons. The second kappa shape index (κ2) is 5.37. The van der Waals surface area contributed by atoms with Crippen LogP contribution in [0.15, 0.2) is 0 Å². The number of amides is 1. The number of ketones is 1. The third kappa shape index (κ3) is 3.72. The Labute approximate surface area is 106 Å². The Kier molecular flexibility index (Phi) is 4.32. The number of Topliss-reactive ketones (excluding diaryl/α,β-unsaturated/α-hetero) is 1. The van der Waals surface area contributed by atoms with Crippen molar-refractivity contribution >= 4 is 17.8 Å². The molecule has 6 nitrogen and oxygen atoms in total. The van der Waals surface area contributed by atoms with Crippen LogP contribution in [-0.2, 0) is 19.1 Å². The maximum Gasteiger partial charge on any atom is 0.410 e. The maximum atomic E-state index is 11.7. The molecule has 6 heteroatoms. The number of nitrogens with zero attached hydrogens (tertiary/aromatic N) is 1. The minimum Gasteiger partial charge on any atom is -0.468 e. The monoisotopic (exact) mass is 257 g/mol. The molecule has 0 saturated carbocycles. The van der Waals surface area contributed by atoms with Crippen molar-refractivity contribution in [3.05, 3.63) is 0 Å². The minimum absolute atomic E-state index is 0.103. The summed E-state index contributed by atoms with van der Waals surface area (Å²) in [5.41, 5.74) is -0.598.